The molecule has 0 aliphatic carbocycles. The van der Waals surface area contributed by atoms with Gasteiger partial charge in [0.1, 0.15) is 5.75 Å². The minimum absolute atomic E-state index is 0.271. The van der Waals surface area contributed by atoms with Gasteiger partial charge in [-0.25, -0.2) is 4.79 Å². The molecule has 0 bridgehead atoms. The van der Waals surface area contributed by atoms with Crippen molar-refractivity contribution in [3.8, 4) is 5.75 Å². The summed E-state index contributed by atoms with van der Waals surface area (Å²) in [6.45, 7) is 4.32. The Balaban J connectivity index is 1.81. The first-order valence-corrected chi connectivity index (χ1v) is 8.81. The van der Waals surface area contributed by atoms with Crippen LogP contribution in [0.5, 0.6) is 5.75 Å². The van der Waals surface area contributed by atoms with Crippen molar-refractivity contribution in [3.63, 3.8) is 0 Å². The van der Waals surface area contributed by atoms with Gasteiger partial charge >= 0.3 is 6.16 Å². The molecule has 130 valence electrons. The molecule has 3 heteroatoms. The molecule has 4 rings (SSSR count). The van der Waals surface area contributed by atoms with Crippen LogP contribution in [0.25, 0.3) is 32.3 Å². The molecule has 0 fully saturated rings. The van der Waals surface area contributed by atoms with Crippen molar-refractivity contribution in [3.05, 3.63) is 66.7 Å². The van der Waals surface area contributed by atoms with E-state index in [-0.39, 0.29) is 5.92 Å². The molecule has 0 saturated heterocycles. The van der Waals surface area contributed by atoms with E-state index in [4.69, 9.17) is 9.47 Å². The number of rotatable bonds is 3. The summed E-state index contributed by atoms with van der Waals surface area (Å²) in [6.07, 6.45) is -0.662. The second kappa shape index (κ2) is 6.68. The number of fused-ring (bicyclic) bond motifs is 5. The number of carbonyl (C=O) groups excluding carboxylic acids is 1. The van der Waals surface area contributed by atoms with E-state index in [9.17, 15) is 4.79 Å². The Labute approximate surface area is 152 Å². The number of hydrogen-bond acceptors (Lipinski definition) is 3. The summed E-state index contributed by atoms with van der Waals surface area (Å²) >= 11 is 0. The summed E-state index contributed by atoms with van der Waals surface area (Å²) in [4.78, 5) is 12.0. The van der Waals surface area contributed by atoms with Crippen LogP contribution in [0.3, 0.4) is 0 Å². The van der Waals surface area contributed by atoms with Crippen LogP contribution in [0.2, 0.25) is 0 Å². The number of carbonyl (C=O) groups is 1. The van der Waals surface area contributed by atoms with E-state index in [1.54, 1.807) is 6.07 Å². The molecule has 0 unspecified atom stereocenters. The van der Waals surface area contributed by atoms with Crippen LogP contribution >= 0.6 is 0 Å². The lowest BCUT2D eigenvalue weighted by Crippen LogP contribution is -2.14. The Bertz CT molecular complexity index is 1110. The monoisotopic (exact) mass is 344 g/mol. The first kappa shape index (κ1) is 16.4. The maximum Gasteiger partial charge on any atom is 0.513 e. The Morgan fingerprint density at radius 1 is 0.769 bits per heavy atom. The highest BCUT2D eigenvalue weighted by atomic mass is 16.7. The molecule has 0 spiro atoms. The molecule has 0 N–H and O–H groups in total. The van der Waals surface area contributed by atoms with E-state index in [0.29, 0.717) is 12.4 Å². The summed E-state index contributed by atoms with van der Waals surface area (Å²) in [7, 11) is 0. The van der Waals surface area contributed by atoms with Crippen molar-refractivity contribution in [1.82, 2.24) is 0 Å². The van der Waals surface area contributed by atoms with Crippen molar-refractivity contribution >= 4 is 38.5 Å². The standard InChI is InChI=1S/C23H20O3/c1-15(2)14-25-23(24)26-22-9-5-8-18-20-11-10-16-6-3-4-7-17(16)19(20)12-13-21(18)22/h3-13,15H,14H2,1-2H3. The summed E-state index contributed by atoms with van der Waals surface area (Å²) in [5.74, 6) is 0.790. The van der Waals surface area contributed by atoms with E-state index < -0.39 is 6.16 Å². The quantitative estimate of drug-likeness (QED) is 0.248. The molecule has 26 heavy (non-hydrogen) atoms. The summed E-state index contributed by atoms with van der Waals surface area (Å²) in [5, 5.41) is 6.72. The fourth-order valence-corrected chi connectivity index (χ4v) is 3.27. The number of benzene rings is 4. The minimum atomic E-state index is -0.662. The zero-order chi connectivity index (χ0) is 18.1. The molecule has 0 radical (unpaired) electrons. The maximum atomic E-state index is 12.0. The highest BCUT2D eigenvalue weighted by molar-refractivity contribution is 6.18. The zero-order valence-corrected chi connectivity index (χ0v) is 14.9. The topological polar surface area (TPSA) is 35.5 Å². The lowest BCUT2D eigenvalue weighted by Gasteiger charge is -2.12. The van der Waals surface area contributed by atoms with Gasteiger partial charge in [0, 0.05) is 5.39 Å². The number of ether oxygens (including phenoxy) is 2. The molecular formula is C23H20O3. The highest BCUT2D eigenvalue weighted by Gasteiger charge is 2.12. The first-order chi connectivity index (χ1) is 12.6. The van der Waals surface area contributed by atoms with Crippen LogP contribution in [-0.2, 0) is 4.74 Å². The van der Waals surface area contributed by atoms with Crippen LogP contribution in [0, 0.1) is 5.92 Å². The average molecular weight is 344 g/mol. The average Bonchev–Trinajstić information content (AvgIpc) is 2.66. The van der Waals surface area contributed by atoms with E-state index in [2.05, 4.69) is 42.5 Å². The molecule has 0 aliphatic rings. The van der Waals surface area contributed by atoms with Crippen molar-refractivity contribution < 1.29 is 14.3 Å². The smallest absolute Gasteiger partial charge is 0.434 e. The molecule has 0 amide bonds. The van der Waals surface area contributed by atoms with Crippen molar-refractivity contribution in [2.75, 3.05) is 6.61 Å². The maximum absolute atomic E-state index is 12.0. The van der Waals surface area contributed by atoms with Crippen LogP contribution in [0.15, 0.2) is 66.7 Å². The van der Waals surface area contributed by atoms with Crippen molar-refractivity contribution in [2.45, 2.75) is 13.8 Å². The van der Waals surface area contributed by atoms with Crippen LogP contribution in [-0.4, -0.2) is 12.8 Å². The predicted molar refractivity (Wildman–Crippen MR) is 106 cm³/mol. The van der Waals surface area contributed by atoms with Gasteiger partial charge in [0.05, 0.1) is 6.61 Å². The van der Waals surface area contributed by atoms with Gasteiger partial charge in [-0.15, -0.1) is 0 Å². The van der Waals surface area contributed by atoms with E-state index in [1.165, 1.54) is 16.2 Å². The second-order valence-electron chi connectivity index (χ2n) is 6.86. The Hall–Kier alpha value is -3.07. The Kier molecular flexibility index (Phi) is 4.21. The predicted octanol–water partition coefficient (Wildman–Crippen LogP) is 6.32. The normalized spacial score (nSPS) is 11.3. The summed E-state index contributed by atoms with van der Waals surface area (Å²) in [6, 6.07) is 22.5. The number of hydrogen-bond donors (Lipinski definition) is 0. The van der Waals surface area contributed by atoms with Gasteiger partial charge in [-0.05, 0) is 45.0 Å². The van der Waals surface area contributed by atoms with E-state index in [1.807, 2.05) is 32.0 Å². The molecule has 0 aromatic heterocycles. The third-order valence-electron chi connectivity index (χ3n) is 4.47. The molecule has 4 aromatic carbocycles. The van der Waals surface area contributed by atoms with Gasteiger partial charge < -0.3 is 9.47 Å². The third-order valence-corrected chi connectivity index (χ3v) is 4.47. The van der Waals surface area contributed by atoms with Gasteiger partial charge in [-0.2, -0.15) is 0 Å². The Morgan fingerprint density at radius 2 is 1.42 bits per heavy atom. The molecule has 0 aliphatic heterocycles. The van der Waals surface area contributed by atoms with Crippen molar-refractivity contribution in [2.24, 2.45) is 5.92 Å². The SMILES string of the molecule is CC(C)COC(=O)Oc1cccc2c1ccc1c3ccccc3ccc21. The summed E-state index contributed by atoms with van der Waals surface area (Å²) < 4.78 is 10.6. The fourth-order valence-electron chi connectivity index (χ4n) is 3.27. The second-order valence-corrected chi connectivity index (χ2v) is 6.86. The van der Waals surface area contributed by atoms with Crippen molar-refractivity contribution in [1.29, 1.82) is 0 Å². The first-order valence-electron chi connectivity index (χ1n) is 8.81. The van der Waals surface area contributed by atoms with Crippen LogP contribution < -0.4 is 4.74 Å². The molecule has 0 saturated carbocycles. The molecule has 3 nitrogen and oxygen atoms in total. The molecule has 4 aromatic rings. The fraction of sp³-hybridized carbons (Fsp3) is 0.174. The zero-order valence-electron chi connectivity index (χ0n) is 14.9. The molecule has 0 heterocycles. The summed E-state index contributed by atoms with van der Waals surface area (Å²) in [5.41, 5.74) is 0. The lowest BCUT2D eigenvalue weighted by atomic mass is 9.97. The molecule has 0 atom stereocenters. The van der Waals surface area contributed by atoms with Crippen LogP contribution in [0.4, 0.5) is 4.79 Å². The van der Waals surface area contributed by atoms with Gasteiger partial charge in [-0.1, -0.05) is 68.4 Å². The van der Waals surface area contributed by atoms with E-state index >= 15 is 0 Å². The minimum Gasteiger partial charge on any atom is -0.434 e. The van der Waals surface area contributed by atoms with Gasteiger partial charge in [-0.3, -0.25) is 0 Å². The van der Waals surface area contributed by atoms with Gasteiger partial charge in [0.2, 0.25) is 0 Å². The Morgan fingerprint density at radius 3 is 2.27 bits per heavy atom. The van der Waals surface area contributed by atoms with Gasteiger partial charge in [0.25, 0.3) is 0 Å². The third kappa shape index (κ3) is 2.97. The lowest BCUT2D eigenvalue weighted by molar-refractivity contribution is 0.0890. The largest absolute Gasteiger partial charge is 0.513 e. The highest BCUT2D eigenvalue weighted by Crippen LogP contribution is 2.35. The molecular weight excluding hydrogens is 324 g/mol. The van der Waals surface area contributed by atoms with Gasteiger partial charge in [0.15, 0.2) is 0 Å². The van der Waals surface area contributed by atoms with Crippen LogP contribution in [0.1, 0.15) is 13.8 Å². The van der Waals surface area contributed by atoms with E-state index in [0.717, 1.165) is 16.2 Å².